The van der Waals surface area contributed by atoms with Gasteiger partial charge in [-0.25, -0.2) is 9.18 Å². The maximum atomic E-state index is 15.0. The number of carboxylic acids is 1. The Balaban J connectivity index is 1.33. The summed E-state index contributed by atoms with van der Waals surface area (Å²) in [5.41, 5.74) is 3.87. The number of aromatic carboxylic acids is 1. The zero-order valence-corrected chi connectivity index (χ0v) is 20.0. The molecule has 0 bridgehead atoms. The molecule has 1 aliphatic rings. The molecule has 35 heavy (non-hydrogen) atoms. The fourth-order valence-corrected chi connectivity index (χ4v) is 5.32. The Morgan fingerprint density at radius 2 is 1.91 bits per heavy atom. The zero-order chi connectivity index (χ0) is 24.5. The number of halogens is 1. The lowest BCUT2D eigenvalue weighted by Gasteiger charge is -2.14. The van der Waals surface area contributed by atoms with Crippen LogP contribution in [0.2, 0.25) is 0 Å². The van der Waals surface area contributed by atoms with Crippen LogP contribution in [0.5, 0.6) is 0 Å². The van der Waals surface area contributed by atoms with Crippen molar-refractivity contribution in [3.05, 3.63) is 100 Å². The van der Waals surface area contributed by atoms with Crippen LogP contribution in [0.15, 0.2) is 77.8 Å². The number of thiocarbonyl (C=S) groups is 1. The Morgan fingerprint density at radius 3 is 2.69 bits per heavy atom. The highest BCUT2D eigenvalue weighted by Gasteiger charge is 2.31. The number of thioether (sulfide) groups is 1. The number of aromatic amines is 1. The second kappa shape index (κ2) is 9.48. The largest absolute Gasteiger partial charge is 0.478 e. The highest BCUT2D eigenvalue weighted by molar-refractivity contribution is 8.26. The van der Waals surface area contributed by atoms with Gasteiger partial charge in [-0.15, -0.1) is 0 Å². The fourth-order valence-electron chi connectivity index (χ4n) is 4.01. The van der Waals surface area contributed by atoms with Crippen molar-refractivity contribution in [2.24, 2.45) is 0 Å². The van der Waals surface area contributed by atoms with Crippen LogP contribution in [0.1, 0.15) is 21.5 Å². The van der Waals surface area contributed by atoms with Crippen LogP contribution in [-0.2, 0) is 11.2 Å². The van der Waals surface area contributed by atoms with Gasteiger partial charge in [-0.3, -0.25) is 9.69 Å². The van der Waals surface area contributed by atoms with Crippen molar-refractivity contribution in [2.45, 2.75) is 6.42 Å². The standard InChI is InChI=1S/C27H19FN2O3S2/c28-24-20(8-9-22-21(24)10-12-29-22)19-3-1-2-17(14-19)15-23-25(31)30(27(34)35-23)13-11-16-4-6-18(7-5-16)26(32)33/h1-10,12,14-15,29H,11,13H2,(H,32,33)/b23-15-. The van der Waals surface area contributed by atoms with E-state index in [4.69, 9.17) is 17.3 Å². The molecule has 1 aliphatic heterocycles. The second-order valence-electron chi connectivity index (χ2n) is 8.08. The normalized spacial score (nSPS) is 14.9. The highest BCUT2D eigenvalue weighted by atomic mass is 32.2. The molecule has 1 fully saturated rings. The van der Waals surface area contributed by atoms with Crippen molar-refractivity contribution < 1.29 is 19.1 Å². The Hall–Kier alpha value is -3.75. The summed E-state index contributed by atoms with van der Waals surface area (Å²) in [6.45, 7) is 0.399. The number of hydrogen-bond donors (Lipinski definition) is 2. The van der Waals surface area contributed by atoms with E-state index in [2.05, 4.69) is 4.98 Å². The van der Waals surface area contributed by atoms with Gasteiger partial charge in [0.15, 0.2) is 0 Å². The lowest BCUT2D eigenvalue weighted by molar-refractivity contribution is -0.122. The predicted octanol–water partition coefficient (Wildman–Crippen LogP) is 6.12. The Kier molecular flexibility index (Phi) is 6.23. The van der Waals surface area contributed by atoms with Crippen LogP contribution in [0.3, 0.4) is 0 Å². The van der Waals surface area contributed by atoms with Crippen molar-refractivity contribution in [3.8, 4) is 11.1 Å². The van der Waals surface area contributed by atoms with Gasteiger partial charge in [-0.1, -0.05) is 54.3 Å². The van der Waals surface area contributed by atoms with E-state index in [1.54, 1.807) is 53.6 Å². The van der Waals surface area contributed by atoms with E-state index in [1.165, 1.54) is 11.8 Å². The molecule has 2 heterocycles. The molecule has 8 heteroatoms. The number of rotatable bonds is 6. The number of aromatic nitrogens is 1. The van der Waals surface area contributed by atoms with E-state index in [-0.39, 0.29) is 17.3 Å². The summed E-state index contributed by atoms with van der Waals surface area (Å²) >= 11 is 6.67. The van der Waals surface area contributed by atoms with Gasteiger partial charge in [-0.2, -0.15) is 0 Å². The van der Waals surface area contributed by atoms with Gasteiger partial charge < -0.3 is 10.1 Å². The van der Waals surface area contributed by atoms with E-state index in [0.717, 1.165) is 22.2 Å². The third-order valence-electron chi connectivity index (χ3n) is 5.86. The first-order valence-corrected chi connectivity index (χ1v) is 12.1. The number of carbonyl (C=O) groups excluding carboxylic acids is 1. The third kappa shape index (κ3) is 4.62. The van der Waals surface area contributed by atoms with Gasteiger partial charge in [0.25, 0.3) is 5.91 Å². The minimum Gasteiger partial charge on any atom is -0.478 e. The van der Waals surface area contributed by atoms with Gasteiger partial charge in [0, 0.05) is 29.2 Å². The second-order valence-corrected chi connectivity index (χ2v) is 9.75. The molecule has 174 valence electrons. The van der Waals surface area contributed by atoms with Crippen LogP contribution in [0.4, 0.5) is 4.39 Å². The lowest BCUT2D eigenvalue weighted by Crippen LogP contribution is -2.30. The number of carbonyl (C=O) groups is 2. The van der Waals surface area contributed by atoms with E-state index in [9.17, 15) is 9.59 Å². The fraction of sp³-hybridized carbons (Fsp3) is 0.0741. The highest BCUT2D eigenvalue weighted by Crippen LogP contribution is 2.34. The van der Waals surface area contributed by atoms with Gasteiger partial charge in [-0.05, 0) is 65.6 Å². The van der Waals surface area contributed by atoms with Gasteiger partial charge >= 0.3 is 5.97 Å². The molecule has 0 aliphatic carbocycles. The molecule has 0 radical (unpaired) electrons. The molecule has 4 aromatic rings. The van der Waals surface area contributed by atoms with Crippen molar-refractivity contribution >= 4 is 57.2 Å². The van der Waals surface area contributed by atoms with Gasteiger partial charge in [0.1, 0.15) is 10.1 Å². The van der Waals surface area contributed by atoms with E-state index in [0.29, 0.717) is 33.1 Å². The molecule has 5 nitrogen and oxygen atoms in total. The van der Waals surface area contributed by atoms with Gasteiger partial charge in [0.2, 0.25) is 0 Å². The minimum atomic E-state index is -0.976. The summed E-state index contributed by atoms with van der Waals surface area (Å²) in [4.78, 5) is 29.1. The molecule has 1 aromatic heterocycles. The predicted molar refractivity (Wildman–Crippen MR) is 141 cm³/mol. The zero-order valence-electron chi connectivity index (χ0n) is 18.3. The summed E-state index contributed by atoms with van der Waals surface area (Å²) in [5.74, 6) is -1.44. The Bertz CT molecular complexity index is 1510. The van der Waals surface area contributed by atoms with Crippen molar-refractivity contribution in [1.29, 1.82) is 0 Å². The maximum Gasteiger partial charge on any atom is 0.335 e. The van der Waals surface area contributed by atoms with Crippen molar-refractivity contribution in [2.75, 3.05) is 6.54 Å². The summed E-state index contributed by atoms with van der Waals surface area (Å²) in [6.07, 6.45) is 4.04. The van der Waals surface area contributed by atoms with E-state index in [1.807, 2.05) is 30.3 Å². The molecule has 3 aromatic carbocycles. The average Bonchev–Trinajstić information content (AvgIpc) is 3.43. The first-order valence-electron chi connectivity index (χ1n) is 10.8. The number of nitrogens with zero attached hydrogens (tertiary/aromatic N) is 1. The minimum absolute atomic E-state index is 0.174. The lowest BCUT2D eigenvalue weighted by atomic mass is 10.0. The number of amides is 1. The molecule has 0 unspecified atom stereocenters. The molecular weight excluding hydrogens is 483 g/mol. The molecule has 0 atom stereocenters. The topological polar surface area (TPSA) is 73.4 Å². The SMILES string of the molecule is O=C(O)c1ccc(CCN2C(=O)/C(=C/c3cccc(-c4ccc5[nH]ccc5c4F)c3)SC2=S)cc1. The number of hydrogen-bond acceptors (Lipinski definition) is 4. The van der Waals surface area contributed by atoms with Crippen LogP contribution in [0, 0.1) is 5.82 Å². The Morgan fingerprint density at radius 1 is 1.11 bits per heavy atom. The third-order valence-corrected chi connectivity index (χ3v) is 7.24. The van der Waals surface area contributed by atoms with Gasteiger partial charge in [0.05, 0.1) is 10.5 Å². The van der Waals surface area contributed by atoms with Crippen molar-refractivity contribution in [1.82, 2.24) is 9.88 Å². The summed E-state index contributed by atoms with van der Waals surface area (Å²) in [7, 11) is 0. The molecule has 0 saturated carbocycles. The molecule has 0 spiro atoms. The number of H-pyrrole nitrogens is 1. The number of nitrogens with one attached hydrogen (secondary N) is 1. The summed E-state index contributed by atoms with van der Waals surface area (Å²) < 4.78 is 15.5. The smallest absolute Gasteiger partial charge is 0.335 e. The Labute approximate surface area is 210 Å². The van der Waals surface area contributed by atoms with Crippen LogP contribution in [0.25, 0.3) is 28.1 Å². The van der Waals surface area contributed by atoms with Crippen LogP contribution in [-0.4, -0.2) is 37.7 Å². The first-order chi connectivity index (χ1) is 16.9. The number of benzene rings is 3. The number of fused-ring (bicyclic) bond motifs is 1. The van der Waals surface area contributed by atoms with Crippen LogP contribution < -0.4 is 0 Å². The summed E-state index contributed by atoms with van der Waals surface area (Å²) in [6, 6.07) is 19.3. The quantitative estimate of drug-likeness (QED) is 0.246. The van der Waals surface area contributed by atoms with E-state index >= 15 is 4.39 Å². The molecular formula is C27H19FN2O3S2. The molecule has 1 amide bonds. The number of carboxylic acid groups (broad SMARTS) is 1. The molecule has 2 N–H and O–H groups in total. The van der Waals surface area contributed by atoms with E-state index < -0.39 is 5.97 Å². The first kappa shape index (κ1) is 23.0. The monoisotopic (exact) mass is 502 g/mol. The summed E-state index contributed by atoms with van der Waals surface area (Å²) in [5, 5.41) is 9.56. The molecule has 5 rings (SSSR count). The average molecular weight is 503 g/mol. The van der Waals surface area contributed by atoms with Crippen LogP contribution >= 0.6 is 24.0 Å². The van der Waals surface area contributed by atoms with Crippen molar-refractivity contribution in [3.63, 3.8) is 0 Å². The molecule has 1 saturated heterocycles. The maximum absolute atomic E-state index is 15.0.